The summed E-state index contributed by atoms with van der Waals surface area (Å²) in [6.07, 6.45) is 0.582. The molecule has 0 saturated heterocycles. The number of carbonyl (C=O) groups excluding carboxylic acids is 1. The van der Waals surface area contributed by atoms with E-state index >= 15 is 0 Å². The van der Waals surface area contributed by atoms with E-state index in [9.17, 15) is 4.79 Å². The predicted molar refractivity (Wildman–Crippen MR) is 26.8 cm³/mol. The van der Waals surface area contributed by atoms with Crippen molar-refractivity contribution in [3.05, 3.63) is 0 Å². The van der Waals surface area contributed by atoms with Gasteiger partial charge in [-0.25, -0.2) is 4.79 Å². The number of carbonyl (C=O) groups is 1. The van der Waals surface area contributed by atoms with Crippen LogP contribution in [-0.4, -0.2) is 26.1 Å². The van der Waals surface area contributed by atoms with E-state index in [1.54, 1.807) is 0 Å². The van der Waals surface area contributed by atoms with Gasteiger partial charge >= 0.3 is 5.97 Å². The van der Waals surface area contributed by atoms with Crippen LogP contribution in [0.3, 0.4) is 0 Å². The molecule has 0 bridgehead atoms. The lowest BCUT2D eigenvalue weighted by Gasteiger charge is -1.95. The fraction of sp³-hybridized carbons (Fsp3) is 0.500. The maximum absolute atomic E-state index is 10.0. The lowest BCUT2D eigenvalue weighted by molar-refractivity contribution is -0.145. The molecule has 0 rings (SSSR count). The van der Waals surface area contributed by atoms with Crippen LogP contribution in [0.4, 0.5) is 0 Å². The Balaban J connectivity index is 3.11. The lowest BCUT2D eigenvalue weighted by Crippen LogP contribution is -2.06. The van der Waals surface area contributed by atoms with Gasteiger partial charge in [0.25, 0.3) is 0 Å². The summed E-state index contributed by atoms with van der Waals surface area (Å²) in [5, 5.41) is 6.33. The van der Waals surface area contributed by atoms with Gasteiger partial charge in [0, 0.05) is 7.11 Å². The number of nitrogens with one attached hydrogen (secondary N) is 1. The molecular formula is C4H7NO3. The van der Waals surface area contributed by atoms with E-state index in [-0.39, 0.29) is 6.79 Å². The minimum Gasteiger partial charge on any atom is -0.434 e. The van der Waals surface area contributed by atoms with Gasteiger partial charge in [0.15, 0.2) is 6.79 Å². The summed E-state index contributed by atoms with van der Waals surface area (Å²) in [7, 11) is 1.40. The Labute approximate surface area is 46.9 Å². The molecule has 0 saturated carbocycles. The normalized spacial score (nSPS) is 8.12. The summed E-state index contributed by atoms with van der Waals surface area (Å²) >= 11 is 0. The zero-order valence-electron chi connectivity index (χ0n) is 4.51. The second kappa shape index (κ2) is 4.26. The Morgan fingerprint density at radius 2 is 2.50 bits per heavy atom. The zero-order valence-corrected chi connectivity index (χ0v) is 4.51. The van der Waals surface area contributed by atoms with Gasteiger partial charge in [-0.15, -0.1) is 0 Å². The monoisotopic (exact) mass is 117 g/mol. The molecule has 0 unspecified atom stereocenters. The van der Waals surface area contributed by atoms with Crippen molar-refractivity contribution in [3.8, 4) is 0 Å². The Bertz CT molecular complexity index is 91.3. The van der Waals surface area contributed by atoms with Gasteiger partial charge < -0.3 is 14.9 Å². The van der Waals surface area contributed by atoms with Crippen LogP contribution in [0.25, 0.3) is 0 Å². The second-order valence-corrected chi connectivity index (χ2v) is 1.01. The molecule has 0 aromatic carbocycles. The molecular weight excluding hydrogens is 110 g/mol. The van der Waals surface area contributed by atoms with Crippen LogP contribution in [0.5, 0.6) is 0 Å². The molecule has 0 fully saturated rings. The summed E-state index contributed by atoms with van der Waals surface area (Å²) < 4.78 is 8.60. The molecule has 0 aromatic heterocycles. The zero-order chi connectivity index (χ0) is 6.41. The van der Waals surface area contributed by atoms with E-state index in [1.807, 2.05) is 0 Å². The Hall–Kier alpha value is -0.900. The third-order valence-electron chi connectivity index (χ3n) is 0.437. The molecule has 0 aromatic rings. The van der Waals surface area contributed by atoms with Crippen molar-refractivity contribution in [2.45, 2.75) is 0 Å². The highest BCUT2D eigenvalue weighted by Crippen LogP contribution is 1.72. The largest absolute Gasteiger partial charge is 0.434 e. The fourth-order valence-corrected chi connectivity index (χ4v) is 0.159. The van der Waals surface area contributed by atoms with Crippen LogP contribution in [0.2, 0.25) is 0 Å². The fourth-order valence-electron chi connectivity index (χ4n) is 0.159. The average molecular weight is 117 g/mol. The topological polar surface area (TPSA) is 59.4 Å². The highest BCUT2D eigenvalue weighted by molar-refractivity contribution is 6.21. The number of rotatable bonds is 3. The first-order valence-electron chi connectivity index (χ1n) is 1.97. The van der Waals surface area contributed by atoms with Crippen LogP contribution < -0.4 is 0 Å². The summed E-state index contributed by atoms with van der Waals surface area (Å²) in [6, 6.07) is 0. The first-order valence-corrected chi connectivity index (χ1v) is 1.97. The number of ether oxygens (including phenoxy) is 2. The van der Waals surface area contributed by atoms with Gasteiger partial charge in [-0.05, 0) is 0 Å². The lowest BCUT2D eigenvalue weighted by atomic mass is 10.8. The van der Waals surface area contributed by atoms with Crippen LogP contribution in [0.15, 0.2) is 0 Å². The molecule has 8 heavy (non-hydrogen) atoms. The molecule has 0 radical (unpaired) electrons. The number of hydrogen-bond donors (Lipinski definition) is 1. The number of esters is 1. The maximum atomic E-state index is 10.0. The standard InChI is InChI=1S/C4H7NO3/c1-7-3-8-4(6)2-5/h2,5H,3H2,1H3. The van der Waals surface area contributed by atoms with E-state index in [0.717, 1.165) is 0 Å². The Morgan fingerprint density at radius 1 is 1.88 bits per heavy atom. The van der Waals surface area contributed by atoms with Crippen LogP contribution in [0, 0.1) is 5.41 Å². The minimum absolute atomic E-state index is 0.0891. The molecule has 1 N–H and O–H groups in total. The van der Waals surface area contributed by atoms with E-state index in [1.165, 1.54) is 7.11 Å². The molecule has 0 aliphatic rings. The van der Waals surface area contributed by atoms with Crippen molar-refractivity contribution < 1.29 is 14.3 Å². The average Bonchev–Trinajstić information content (AvgIpc) is 1.83. The van der Waals surface area contributed by atoms with Crippen molar-refractivity contribution in [2.24, 2.45) is 0 Å². The van der Waals surface area contributed by atoms with Crippen LogP contribution in [-0.2, 0) is 14.3 Å². The van der Waals surface area contributed by atoms with Gasteiger partial charge in [-0.3, -0.25) is 0 Å². The summed E-state index contributed by atoms with van der Waals surface area (Å²) in [5.41, 5.74) is 0. The molecule has 46 valence electrons. The third kappa shape index (κ3) is 3.30. The molecule has 0 aliphatic heterocycles. The van der Waals surface area contributed by atoms with E-state index in [0.29, 0.717) is 6.21 Å². The van der Waals surface area contributed by atoms with E-state index in [2.05, 4.69) is 9.47 Å². The SMILES string of the molecule is COCOC(=O)C=N. The molecule has 0 amide bonds. The van der Waals surface area contributed by atoms with E-state index in [4.69, 9.17) is 5.41 Å². The first kappa shape index (κ1) is 7.10. The van der Waals surface area contributed by atoms with Crippen molar-refractivity contribution in [1.82, 2.24) is 0 Å². The van der Waals surface area contributed by atoms with Crippen LogP contribution in [0.1, 0.15) is 0 Å². The molecule has 4 heteroatoms. The van der Waals surface area contributed by atoms with Gasteiger partial charge in [0.2, 0.25) is 0 Å². The van der Waals surface area contributed by atoms with Crippen molar-refractivity contribution in [3.63, 3.8) is 0 Å². The second-order valence-electron chi connectivity index (χ2n) is 1.01. The molecule has 0 spiro atoms. The summed E-state index contributed by atoms with van der Waals surface area (Å²) in [4.78, 5) is 10.0. The summed E-state index contributed by atoms with van der Waals surface area (Å²) in [5.74, 6) is -0.688. The third-order valence-corrected chi connectivity index (χ3v) is 0.437. The number of methoxy groups -OCH3 is 1. The Kier molecular flexibility index (Phi) is 3.78. The van der Waals surface area contributed by atoms with Gasteiger partial charge in [0.1, 0.15) is 6.21 Å². The summed E-state index contributed by atoms with van der Waals surface area (Å²) in [6.45, 7) is -0.0891. The van der Waals surface area contributed by atoms with Crippen molar-refractivity contribution in [2.75, 3.05) is 13.9 Å². The predicted octanol–water partition coefficient (Wildman–Crippen LogP) is -0.217. The van der Waals surface area contributed by atoms with E-state index < -0.39 is 5.97 Å². The highest BCUT2D eigenvalue weighted by atomic mass is 16.7. The van der Waals surface area contributed by atoms with Crippen molar-refractivity contribution >= 4 is 12.2 Å². The maximum Gasteiger partial charge on any atom is 0.350 e. The first-order chi connectivity index (χ1) is 3.81. The van der Waals surface area contributed by atoms with Crippen LogP contribution >= 0.6 is 0 Å². The van der Waals surface area contributed by atoms with Crippen molar-refractivity contribution in [1.29, 1.82) is 5.41 Å². The van der Waals surface area contributed by atoms with Gasteiger partial charge in [-0.1, -0.05) is 0 Å². The minimum atomic E-state index is -0.688. The quantitative estimate of drug-likeness (QED) is 0.316. The number of hydrogen-bond acceptors (Lipinski definition) is 4. The van der Waals surface area contributed by atoms with Gasteiger partial charge in [-0.2, -0.15) is 0 Å². The smallest absolute Gasteiger partial charge is 0.350 e. The highest BCUT2D eigenvalue weighted by Gasteiger charge is 1.91. The molecule has 0 atom stereocenters. The molecule has 0 heterocycles. The van der Waals surface area contributed by atoms with Gasteiger partial charge in [0.05, 0.1) is 0 Å². The Morgan fingerprint density at radius 3 is 2.88 bits per heavy atom. The molecule has 4 nitrogen and oxygen atoms in total. The molecule has 0 aliphatic carbocycles.